The van der Waals surface area contributed by atoms with Gasteiger partial charge in [-0.3, -0.25) is 4.72 Å². The lowest BCUT2D eigenvalue weighted by Crippen LogP contribution is -2.14. The highest BCUT2D eigenvalue weighted by Crippen LogP contribution is 2.21. The molecule has 7 heteroatoms. The molecular weight excluding hydrogens is 312 g/mol. The van der Waals surface area contributed by atoms with E-state index in [1.165, 1.54) is 12.1 Å². The van der Waals surface area contributed by atoms with Crippen LogP contribution in [0.25, 0.3) is 5.65 Å². The molecule has 116 valence electrons. The summed E-state index contributed by atoms with van der Waals surface area (Å²) in [7, 11) is -3.84. The summed E-state index contributed by atoms with van der Waals surface area (Å²) in [6.45, 7) is 3.81. The predicted octanol–water partition coefficient (Wildman–Crippen LogP) is 2.62. The van der Waals surface area contributed by atoms with Gasteiger partial charge in [-0.05, 0) is 38.1 Å². The van der Waals surface area contributed by atoms with E-state index >= 15 is 0 Å². The summed E-state index contributed by atoms with van der Waals surface area (Å²) in [5, 5.41) is 9.07. The maximum Gasteiger partial charge on any atom is 0.263 e. The summed E-state index contributed by atoms with van der Waals surface area (Å²) in [4.78, 5) is 4.34. The van der Waals surface area contributed by atoms with Gasteiger partial charge in [-0.1, -0.05) is 12.1 Å². The number of imidazole rings is 1. The van der Waals surface area contributed by atoms with Gasteiger partial charge in [0.25, 0.3) is 10.0 Å². The number of sulfonamides is 1. The summed E-state index contributed by atoms with van der Waals surface area (Å²) in [5.74, 6) is 0. The molecule has 0 fully saturated rings. The molecule has 0 saturated carbocycles. The normalized spacial score (nSPS) is 11.3. The highest BCUT2D eigenvalue weighted by molar-refractivity contribution is 7.92. The number of nitriles is 1. The molecule has 0 aliphatic heterocycles. The maximum absolute atomic E-state index is 12.5. The average molecular weight is 326 g/mol. The summed E-state index contributed by atoms with van der Waals surface area (Å²) in [5.41, 5.74) is 3.10. The fraction of sp³-hybridized carbons (Fsp3) is 0.125. The van der Waals surface area contributed by atoms with E-state index in [0.717, 1.165) is 17.0 Å². The van der Waals surface area contributed by atoms with Crippen molar-refractivity contribution in [2.75, 3.05) is 4.72 Å². The lowest BCUT2D eigenvalue weighted by Gasteiger charge is -2.10. The SMILES string of the molecule is Cc1nc2ccc(NS(=O)(=O)c3ccccc3C#N)cn2c1C. The number of nitrogens with zero attached hydrogens (tertiary/aromatic N) is 3. The monoisotopic (exact) mass is 326 g/mol. The molecule has 0 amide bonds. The van der Waals surface area contributed by atoms with Gasteiger partial charge in [0.05, 0.1) is 16.9 Å². The van der Waals surface area contributed by atoms with Gasteiger partial charge in [-0.2, -0.15) is 5.26 Å². The standard InChI is InChI=1S/C16H14N4O2S/c1-11-12(2)20-10-14(7-8-16(20)18-11)19-23(21,22)15-6-4-3-5-13(15)9-17/h3-8,10,19H,1-2H3. The van der Waals surface area contributed by atoms with Crippen LogP contribution in [0.5, 0.6) is 0 Å². The van der Waals surface area contributed by atoms with Crippen molar-refractivity contribution in [3.05, 3.63) is 59.5 Å². The van der Waals surface area contributed by atoms with Crippen molar-refractivity contribution in [3.8, 4) is 6.07 Å². The summed E-state index contributed by atoms with van der Waals surface area (Å²) < 4.78 is 29.4. The van der Waals surface area contributed by atoms with E-state index in [-0.39, 0.29) is 10.5 Å². The second-order valence-electron chi connectivity index (χ2n) is 5.14. The average Bonchev–Trinajstić information content (AvgIpc) is 2.82. The van der Waals surface area contributed by atoms with Crippen LogP contribution in [0.1, 0.15) is 17.0 Å². The third kappa shape index (κ3) is 2.64. The molecule has 2 aromatic heterocycles. The molecule has 0 saturated heterocycles. The molecule has 0 radical (unpaired) electrons. The molecule has 23 heavy (non-hydrogen) atoms. The first-order valence-electron chi connectivity index (χ1n) is 6.89. The molecule has 1 aromatic carbocycles. The zero-order valence-electron chi connectivity index (χ0n) is 12.6. The van der Waals surface area contributed by atoms with Crippen LogP contribution < -0.4 is 4.72 Å². The van der Waals surface area contributed by atoms with Crippen LogP contribution in [0.2, 0.25) is 0 Å². The van der Waals surface area contributed by atoms with Crippen molar-refractivity contribution in [2.45, 2.75) is 18.7 Å². The largest absolute Gasteiger partial charge is 0.302 e. The summed E-state index contributed by atoms with van der Waals surface area (Å²) >= 11 is 0. The molecule has 1 N–H and O–H groups in total. The molecule has 0 bridgehead atoms. The van der Waals surface area contributed by atoms with Gasteiger partial charge >= 0.3 is 0 Å². The molecule has 0 spiro atoms. The smallest absolute Gasteiger partial charge is 0.263 e. The molecule has 2 heterocycles. The molecule has 3 aromatic rings. The van der Waals surface area contributed by atoms with Crippen LogP contribution in [0.15, 0.2) is 47.5 Å². The third-order valence-electron chi connectivity index (χ3n) is 3.64. The Kier molecular flexibility index (Phi) is 3.54. The molecular formula is C16H14N4O2S. The van der Waals surface area contributed by atoms with Gasteiger partial charge in [0.1, 0.15) is 16.6 Å². The number of aryl methyl sites for hydroxylation is 2. The fourth-order valence-corrected chi connectivity index (χ4v) is 3.55. The van der Waals surface area contributed by atoms with Crippen molar-refractivity contribution in [2.24, 2.45) is 0 Å². The molecule has 0 aliphatic carbocycles. The van der Waals surface area contributed by atoms with Crippen LogP contribution in [-0.4, -0.2) is 17.8 Å². The van der Waals surface area contributed by atoms with Crippen molar-refractivity contribution in [1.82, 2.24) is 9.38 Å². The number of pyridine rings is 1. The number of anilines is 1. The Balaban J connectivity index is 2.04. The zero-order chi connectivity index (χ0) is 16.6. The Labute approximate surface area is 134 Å². The van der Waals surface area contributed by atoms with E-state index < -0.39 is 10.0 Å². The van der Waals surface area contributed by atoms with Crippen LogP contribution in [0.4, 0.5) is 5.69 Å². The van der Waals surface area contributed by atoms with Crippen LogP contribution in [0.3, 0.4) is 0 Å². The first-order chi connectivity index (χ1) is 10.9. The van der Waals surface area contributed by atoms with E-state index in [0.29, 0.717) is 5.69 Å². The quantitative estimate of drug-likeness (QED) is 0.801. The van der Waals surface area contributed by atoms with Crippen LogP contribution in [0, 0.1) is 25.2 Å². The van der Waals surface area contributed by atoms with Crippen LogP contribution in [-0.2, 0) is 10.0 Å². The van der Waals surface area contributed by atoms with Crippen molar-refractivity contribution in [1.29, 1.82) is 5.26 Å². The Morgan fingerprint density at radius 3 is 2.65 bits per heavy atom. The van der Waals surface area contributed by atoms with E-state index in [1.54, 1.807) is 30.5 Å². The van der Waals surface area contributed by atoms with E-state index in [4.69, 9.17) is 5.26 Å². The third-order valence-corrected chi connectivity index (χ3v) is 5.08. The van der Waals surface area contributed by atoms with Crippen molar-refractivity contribution in [3.63, 3.8) is 0 Å². The maximum atomic E-state index is 12.5. The minimum absolute atomic E-state index is 0.0406. The number of rotatable bonds is 3. The summed E-state index contributed by atoms with van der Waals surface area (Å²) in [6, 6.07) is 11.4. The van der Waals surface area contributed by atoms with Crippen molar-refractivity contribution < 1.29 is 8.42 Å². The Hall–Kier alpha value is -2.85. The lowest BCUT2D eigenvalue weighted by atomic mass is 10.2. The minimum Gasteiger partial charge on any atom is -0.302 e. The topological polar surface area (TPSA) is 87.3 Å². The van der Waals surface area contributed by atoms with E-state index in [9.17, 15) is 8.42 Å². The van der Waals surface area contributed by atoms with Gasteiger partial charge in [0.2, 0.25) is 0 Å². The summed E-state index contributed by atoms with van der Waals surface area (Å²) in [6.07, 6.45) is 1.68. The van der Waals surface area contributed by atoms with Crippen molar-refractivity contribution >= 4 is 21.4 Å². The first kappa shape index (κ1) is 15.1. The van der Waals surface area contributed by atoms with Gasteiger partial charge in [0.15, 0.2) is 0 Å². The fourth-order valence-electron chi connectivity index (χ4n) is 2.34. The Morgan fingerprint density at radius 2 is 1.91 bits per heavy atom. The number of nitrogens with one attached hydrogen (secondary N) is 1. The Bertz CT molecular complexity index is 1050. The Morgan fingerprint density at radius 1 is 1.17 bits per heavy atom. The second-order valence-corrected chi connectivity index (χ2v) is 6.79. The number of fused-ring (bicyclic) bond motifs is 1. The number of benzene rings is 1. The minimum atomic E-state index is -3.84. The van der Waals surface area contributed by atoms with E-state index in [2.05, 4.69) is 9.71 Å². The number of hydrogen-bond acceptors (Lipinski definition) is 4. The van der Waals surface area contributed by atoms with Gasteiger partial charge in [0, 0.05) is 11.9 Å². The molecule has 0 unspecified atom stereocenters. The number of aromatic nitrogens is 2. The zero-order valence-corrected chi connectivity index (χ0v) is 13.4. The first-order valence-corrected chi connectivity index (χ1v) is 8.38. The number of hydrogen-bond donors (Lipinski definition) is 1. The highest BCUT2D eigenvalue weighted by Gasteiger charge is 2.18. The molecule has 6 nitrogen and oxygen atoms in total. The van der Waals surface area contributed by atoms with Gasteiger partial charge in [-0.25, -0.2) is 13.4 Å². The molecule has 3 rings (SSSR count). The molecule has 0 aliphatic rings. The predicted molar refractivity (Wildman–Crippen MR) is 86.6 cm³/mol. The van der Waals surface area contributed by atoms with Gasteiger partial charge < -0.3 is 4.40 Å². The molecule has 0 atom stereocenters. The highest BCUT2D eigenvalue weighted by atomic mass is 32.2. The van der Waals surface area contributed by atoms with Crippen LogP contribution >= 0.6 is 0 Å². The lowest BCUT2D eigenvalue weighted by molar-refractivity contribution is 0.601. The van der Waals surface area contributed by atoms with E-state index in [1.807, 2.05) is 24.3 Å². The second kappa shape index (κ2) is 5.41. The van der Waals surface area contributed by atoms with Gasteiger partial charge in [-0.15, -0.1) is 0 Å².